The fourth-order valence-electron chi connectivity index (χ4n) is 2.56. The maximum Gasteiger partial charge on any atom is 0.248 e. The summed E-state index contributed by atoms with van der Waals surface area (Å²) in [5.74, 6) is 1.76. The van der Waals surface area contributed by atoms with Gasteiger partial charge in [0.1, 0.15) is 17.2 Å². The number of benzene rings is 2. The van der Waals surface area contributed by atoms with Gasteiger partial charge in [0.2, 0.25) is 5.91 Å². The molecule has 0 saturated carbocycles. The summed E-state index contributed by atoms with van der Waals surface area (Å²) in [6.45, 7) is 3.97. The molecule has 0 saturated heterocycles. The number of anilines is 1. The predicted molar refractivity (Wildman–Crippen MR) is 99.7 cm³/mol. The van der Waals surface area contributed by atoms with Gasteiger partial charge >= 0.3 is 0 Å². The van der Waals surface area contributed by atoms with Crippen LogP contribution in [0.3, 0.4) is 0 Å². The van der Waals surface area contributed by atoms with E-state index < -0.39 is 0 Å². The molecule has 0 radical (unpaired) electrons. The number of carbonyl (C=O) groups excluding carboxylic acids is 1. The summed E-state index contributed by atoms with van der Waals surface area (Å²) in [6.07, 6.45) is 3.30. The van der Waals surface area contributed by atoms with Crippen molar-refractivity contribution in [3.05, 3.63) is 53.1 Å². The van der Waals surface area contributed by atoms with Crippen LogP contribution in [-0.2, 0) is 4.79 Å². The first-order valence-corrected chi connectivity index (χ1v) is 7.84. The van der Waals surface area contributed by atoms with Gasteiger partial charge in [-0.1, -0.05) is 0 Å². The summed E-state index contributed by atoms with van der Waals surface area (Å²) in [7, 11) is 4.76. The molecule has 0 spiro atoms. The molecule has 0 unspecified atom stereocenters. The third kappa shape index (κ3) is 4.53. The van der Waals surface area contributed by atoms with Gasteiger partial charge in [-0.25, -0.2) is 0 Å². The summed E-state index contributed by atoms with van der Waals surface area (Å²) in [4.78, 5) is 12.3. The van der Waals surface area contributed by atoms with Crippen molar-refractivity contribution in [3.8, 4) is 17.2 Å². The fourth-order valence-corrected chi connectivity index (χ4v) is 2.56. The van der Waals surface area contributed by atoms with Gasteiger partial charge < -0.3 is 19.5 Å². The van der Waals surface area contributed by atoms with Gasteiger partial charge in [0, 0.05) is 12.1 Å². The normalized spacial score (nSPS) is 10.6. The van der Waals surface area contributed by atoms with Gasteiger partial charge in [-0.05, 0) is 60.9 Å². The number of aryl methyl sites for hydroxylation is 2. The van der Waals surface area contributed by atoms with Crippen molar-refractivity contribution in [2.24, 2.45) is 0 Å². The van der Waals surface area contributed by atoms with Crippen LogP contribution in [-0.4, -0.2) is 27.2 Å². The average molecular weight is 341 g/mol. The summed E-state index contributed by atoms with van der Waals surface area (Å²) < 4.78 is 15.7. The third-order valence-corrected chi connectivity index (χ3v) is 3.87. The molecule has 1 N–H and O–H groups in total. The van der Waals surface area contributed by atoms with Crippen molar-refractivity contribution in [2.75, 3.05) is 26.6 Å². The van der Waals surface area contributed by atoms with Crippen molar-refractivity contribution in [1.82, 2.24) is 0 Å². The minimum absolute atomic E-state index is 0.249. The molecule has 0 atom stereocenters. The Hall–Kier alpha value is -2.95. The van der Waals surface area contributed by atoms with Crippen molar-refractivity contribution >= 4 is 17.7 Å². The topological polar surface area (TPSA) is 56.8 Å². The first-order chi connectivity index (χ1) is 12.0. The molecular formula is C20H23NO4. The second-order valence-corrected chi connectivity index (χ2v) is 5.56. The smallest absolute Gasteiger partial charge is 0.248 e. The van der Waals surface area contributed by atoms with Crippen LogP contribution < -0.4 is 19.5 Å². The molecule has 132 valence electrons. The van der Waals surface area contributed by atoms with E-state index in [1.54, 1.807) is 45.6 Å². The molecule has 0 aromatic heterocycles. The Morgan fingerprint density at radius 3 is 2.12 bits per heavy atom. The van der Waals surface area contributed by atoms with Gasteiger partial charge in [0.15, 0.2) is 0 Å². The SMILES string of the molecule is COc1cc(C)c(/C=C/C(=O)Nc2cc(OC)ccc2OC)c(C)c1. The maximum absolute atomic E-state index is 12.3. The van der Waals surface area contributed by atoms with Gasteiger partial charge in [-0.15, -0.1) is 0 Å². The Bertz CT molecular complexity index is 773. The number of hydrogen-bond donors (Lipinski definition) is 1. The lowest BCUT2D eigenvalue weighted by Gasteiger charge is -2.11. The van der Waals surface area contributed by atoms with E-state index in [2.05, 4.69) is 5.32 Å². The Labute approximate surface area is 148 Å². The van der Waals surface area contributed by atoms with Crippen LogP contribution in [0.4, 0.5) is 5.69 Å². The van der Waals surface area contributed by atoms with Crippen LogP contribution in [0.1, 0.15) is 16.7 Å². The molecule has 2 aromatic carbocycles. The first kappa shape index (κ1) is 18.4. The van der Waals surface area contributed by atoms with E-state index in [1.165, 1.54) is 6.08 Å². The van der Waals surface area contributed by atoms with Crippen molar-refractivity contribution in [1.29, 1.82) is 0 Å². The second-order valence-electron chi connectivity index (χ2n) is 5.56. The largest absolute Gasteiger partial charge is 0.497 e. The standard InChI is InChI=1S/C20H23NO4/c1-13-10-16(24-4)11-14(2)17(13)7-9-20(22)21-18-12-15(23-3)6-8-19(18)25-5/h6-12H,1-5H3,(H,21,22)/b9-7+. The Morgan fingerprint density at radius 2 is 1.56 bits per heavy atom. The highest BCUT2D eigenvalue weighted by Crippen LogP contribution is 2.29. The monoisotopic (exact) mass is 341 g/mol. The average Bonchev–Trinajstić information content (AvgIpc) is 2.60. The molecule has 0 aliphatic rings. The lowest BCUT2D eigenvalue weighted by molar-refractivity contribution is -0.111. The van der Waals surface area contributed by atoms with E-state index in [9.17, 15) is 4.79 Å². The summed E-state index contributed by atoms with van der Waals surface area (Å²) >= 11 is 0. The number of methoxy groups -OCH3 is 3. The molecule has 0 bridgehead atoms. The molecule has 5 heteroatoms. The Kier molecular flexibility index (Phi) is 6.06. The van der Waals surface area contributed by atoms with E-state index in [4.69, 9.17) is 14.2 Å². The van der Waals surface area contributed by atoms with E-state index in [0.717, 1.165) is 22.4 Å². The highest BCUT2D eigenvalue weighted by Gasteiger charge is 2.08. The molecule has 2 aromatic rings. The maximum atomic E-state index is 12.3. The minimum Gasteiger partial charge on any atom is -0.497 e. The van der Waals surface area contributed by atoms with Crippen LogP contribution in [0.5, 0.6) is 17.2 Å². The quantitative estimate of drug-likeness (QED) is 0.808. The number of nitrogens with one attached hydrogen (secondary N) is 1. The number of hydrogen-bond acceptors (Lipinski definition) is 4. The zero-order valence-electron chi connectivity index (χ0n) is 15.2. The highest BCUT2D eigenvalue weighted by molar-refractivity contribution is 6.03. The fraction of sp³-hybridized carbons (Fsp3) is 0.250. The van der Waals surface area contributed by atoms with E-state index in [1.807, 2.05) is 26.0 Å². The van der Waals surface area contributed by atoms with Gasteiger partial charge in [-0.2, -0.15) is 0 Å². The summed E-state index contributed by atoms with van der Waals surface area (Å²) in [5, 5.41) is 2.81. The number of amides is 1. The van der Waals surface area contributed by atoms with Crippen LogP contribution in [0, 0.1) is 13.8 Å². The zero-order chi connectivity index (χ0) is 18.4. The van der Waals surface area contributed by atoms with Crippen molar-refractivity contribution in [3.63, 3.8) is 0 Å². The molecule has 1 amide bonds. The van der Waals surface area contributed by atoms with Crippen LogP contribution >= 0.6 is 0 Å². The molecule has 25 heavy (non-hydrogen) atoms. The van der Waals surface area contributed by atoms with Gasteiger partial charge in [0.25, 0.3) is 0 Å². The minimum atomic E-state index is -0.249. The van der Waals surface area contributed by atoms with Crippen molar-refractivity contribution < 1.29 is 19.0 Å². The molecule has 0 aliphatic heterocycles. The van der Waals surface area contributed by atoms with Crippen molar-refractivity contribution in [2.45, 2.75) is 13.8 Å². The molecule has 2 rings (SSSR count). The Morgan fingerprint density at radius 1 is 0.920 bits per heavy atom. The van der Waals surface area contributed by atoms with Crippen LogP contribution in [0.2, 0.25) is 0 Å². The molecule has 0 heterocycles. The van der Waals surface area contributed by atoms with Gasteiger partial charge in [-0.3, -0.25) is 4.79 Å². The summed E-state index contributed by atoms with van der Waals surface area (Å²) in [6, 6.07) is 9.12. The number of rotatable bonds is 6. The molecular weight excluding hydrogens is 318 g/mol. The summed E-state index contributed by atoms with van der Waals surface area (Å²) in [5.41, 5.74) is 3.63. The second kappa shape index (κ2) is 8.24. The number of ether oxygens (including phenoxy) is 3. The lowest BCUT2D eigenvalue weighted by atomic mass is 10.0. The molecule has 0 aliphatic carbocycles. The number of carbonyl (C=O) groups is 1. The third-order valence-electron chi connectivity index (χ3n) is 3.87. The van der Waals surface area contributed by atoms with Crippen LogP contribution in [0.15, 0.2) is 36.4 Å². The van der Waals surface area contributed by atoms with E-state index >= 15 is 0 Å². The zero-order valence-corrected chi connectivity index (χ0v) is 15.2. The first-order valence-electron chi connectivity index (χ1n) is 7.84. The molecule has 5 nitrogen and oxygen atoms in total. The lowest BCUT2D eigenvalue weighted by Crippen LogP contribution is -2.09. The van der Waals surface area contributed by atoms with E-state index in [-0.39, 0.29) is 5.91 Å². The molecule has 0 fully saturated rings. The predicted octanol–water partition coefficient (Wildman–Crippen LogP) is 3.98. The van der Waals surface area contributed by atoms with Gasteiger partial charge in [0.05, 0.1) is 27.0 Å². The Balaban J connectivity index is 2.19. The highest BCUT2D eigenvalue weighted by atomic mass is 16.5. The van der Waals surface area contributed by atoms with Crippen LogP contribution in [0.25, 0.3) is 6.08 Å². The van der Waals surface area contributed by atoms with E-state index in [0.29, 0.717) is 17.2 Å².